The molecule has 0 aromatic rings. The van der Waals surface area contributed by atoms with Crippen molar-refractivity contribution in [3.8, 4) is 0 Å². The molecular formula is C8H10Br4O3. The minimum absolute atomic E-state index is 0.106. The normalized spacial score (nSPS) is 18.8. The Morgan fingerprint density at radius 1 is 0.933 bits per heavy atom. The Bertz CT molecular complexity index is 256. The first kappa shape index (κ1) is 15.8. The summed E-state index contributed by atoms with van der Waals surface area (Å²) in [5.74, 6) is -0.774. The van der Waals surface area contributed by atoms with Crippen molar-refractivity contribution in [1.29, 1.82) is 0 Å². The highest BCUT2D eigenvalue weighted by Crippen LogP contribution is 2.26. The quantitative estimate of drug-likeness (QED) is 0.455. The van der Waals surface area contributed by atoms with E-state index in [1.807, 2.05) is 0 Å². The van der Waals surface area contributed by atoms with E-state index >= 15 is 0 Å². The van der Waals surface area contributed by atoms with Gasteiger partial charge in [0.15, 0.2) is 0 Å². The van der Waals surface area contributed by atoms with Gasteiger partial charge in [-0.2, -0.15) is 0 Å². The first-order valence-corrected chi connectivity index (χ1v) is 7.32. The van der Waals surface area contributed by atoms with Gasteiger partial charge in [-0.3, -0.25) is 0 Å². The van der Waals surface area contributed by atoms with E-state index in [0.717, 1.165) is 0 Å². The molecule has 0 aliphatic rings. The summed E-state index contributed by atoms with van der Waals surface area (Å²) < 4.78 is 5.64. The summed E-state index contributed by atoms with van der Waals surface area (Å²) in [5.41, 5.74) is 0. The SMILES string of the molecule is CC(Br)C(Br)=C(O)OC(O)=C(Br)C(C)Br. The third kappa shape index (κ3) is 5.60. The number of halogens is 4. The fraction of sp³-hybridized carbons (Fsp3) is 0.500. The number of aliphatic hydroxyl groups is 2. The van der Waals surface area contributed by atoms with Gasteiger partial charge in [-0.05, 0) is 45.7 Å². The summed E-state index contributed by atoms with van der Waals surface area (Å²) in [6.45, 7) is 3.60. The molecule has 0 aliphatic carbocycles. The number of ether oxygens (including phenoxy) is 1. The zero-order chi connectivity index (χ0) is 12.2. The van der Waals surface area contributed by atoms with Gasteiger partial charge in [0, 0.05) is 0 Å². The second-order valence-electron chi connectivity index (χ2n) is 2.64. The van der Waals surface area contributed by atoms with Crippen LogP contribution in [0.1, 0.15) is 13.8 Å². The first-order valence-electron chi connectivity index (χ1n) is 3.90. The van der Waals surface area contributed by atoms with Gasteiger partial charge >= 0.3 is 0 Å². The maximum atomic E-state index is 9.44. The number of hydrogen-bond donors (Lipinski definition) is 2. The Balaban J connectivity index is 4.76. The van der Waals surface area contributed by atoms with E-state index in [1.165, 1.54) is 0 Å². The Morgan fingerprint density at radius 3 is 1.40 bits per heavy atom. The molecule has 0 heterocycles. The minimum Gasteiger partial charge on any atom is -0.480 e. The van der Waals surface area contributed by atoms with E-state index in [-0.39, 0.29) is 21.5 Å². The maximum Gasteiger partial charge on any atom is 0.296 e. The van der Waals surface area contributed by atoms with Crippen LogP contribution < -0.4 is 0 Å². The van der Waals surface area contributed by atoms with Crippen molar-refractivity contribution >= 4 is 63.7 Å². The molecule has 0 aromatic heterocycles. The third-order valence-corrected chi connectivity index (χ3v) is 5.50. The predicted molar refractivity (Wildman–Crippen MR) is 75.0 cm³/mol. The van der Waals surface area contributed by atoms with Gasteiger partial charge in [-0.25, -0.2) is 0 Å². The van der Waals surface area contributed by atoms with Crippen molar-refractivity contribution in [2.24, 2.45) is 0 Å². The summed E-state index contributed by atoms with van der Waals surface area (Å²) in [4.78, 5) is -0.212. The molecule has 15 heavy (non-hydrogen) atoms. The topological polar surface area (TPSA) is 49.7 Å². The molecule has 0 rings (SSSR count). The van der Waals surface area contributed by atoms with Crippen molar-refractivity contribution in [1.82, 2.24) is 0 Å². The molecular weight excluding hydrogens is 464 g/mol. The van der Waals surface area contributed by atoms with Crippen LogP contribution in [0.4, 0.5) is 0 Å². The molecule has 0 saturated heterocycles. The van der Waals surface area contributed by atoms with Crippen LogP contribution in [-0.4, -0.2) is 19.9 Å². The largest absolute Gasteiger partial charge is 0.480 e. The number of allylic oxidation sites excluding steroid dienone is 2. The van der Waals surface area contributed by atoms with Gasteiger partial charge in [-0.15, -0.1) is 0 Å². The predicted octanol–water partition coefficient (Wildman–Crippen LogP) is 4.81. The van der Waals surface area contributed by atoms with Gasteiger partial charge in [0.2, 0.25) is 0 Å². The summed E-state index contributed by atoms with van der Waals surface area (Å²) in [7, 11) is 0. The smallest absolute Gasteiger partial charge is 0.296 e. The first-order chi connectivity index (χ1) is 6.77. The molecule has 0 spiro atoms. The summed E-state index contributed by atoms with van der Waals surface area (Å²) in [6.07, 6.45) is 0. The van der Waals surface area contributed by atoms with Gasteiger partial charge in [0.25, 0.3) is 11.9 Å². The van der Waals surface area contributed by atoms with Crippen molar-refractivity contribution in [2.45, 2.75) is 23.5 Å². The summed E-state index contributed by atoms with van der Waals surface area (Å²) in [6, 6.07) is 0. The number of alkyl halides is 2. The van der Waals surface area contributed by atoms with Crippen molar-refractivity contribution < 1.29 is 14.9 Å². The second kappa shape index (κ2) is 7.19. The summed E-state index contributed by atoms with van der Waals surface area (Å²) >= 11 is 12.7. The lowest BCUT2D eigenvalue weighted by Crippen LogP contribution is -2.03. The zero-order valence-electron chi connectivity index (χ0n) is 7.97. The Kier molecular flexibility index (Phi) is 7.57. The van der Waals surface area contributed by atoms with Gasteiger partial charge < -0.3 is 14.9 Å². The van der Waals surface area contributed by atoms with Crippen LogP contribution >= 0.6 is 63.7 Å². The lowest BCUT2D eigenvalue weighted by atomic mass is 10.4. The highest BCUT2D eigenvalue weighted by atomic mass is 79.9. The Hall–Kier alpha value is 0.800. The van der Waals surface area contributed by atoms with E-state index in [9.17, 15) is 10.2 Å². The van der Waals surface area contributed by atoms with E-state index in [2.05, 4.69) is 63.7 Å². The number of hydrogen-bond acceptors (Lipinski definition) is 3. The molecule has 2 atom stereocenters. The Morgan fingerprint density at radius 2 is 1.20 bits per heavy atom. The van der Waals surface area contributed by atoms with Gasteiger partial charge in [0.1, 0.15) is 0 Å². The van der Waals surface area contributed by atoms with Crippen LogP contribution in [-0.2, 0) is 4.74 Å². The van der Waals surface area contributed by atoms with Crippen molar-refractivity contribution in [2.75, 3.05) is 0 Å². The molecule has 0 bridgehead atoms. The lowest BCUT2D eigenvalue weighted by Gasteiger charge is -2.09. The third-order valence-electron chi connectivity index (χ3n) is 1.30. The fourth-order valence-corrected chi connectivity index (χ4v) is 1.08. The van der Waals surface area contributed by atoms with Crippen LogP contribution in [0.3, 0.4) is 0 Å². The fourth-order valence-electron chi connectivity index (χ4n) is 0.529. The average molecular weight is 474 g/mol. The van der Waals surface area contributed by atoms with E-state index in [4.69, 9.17) is 4.74 Å². The molecule has 2 N–H and O–H groups in total. The van der Waals surface area contributed by atoms with Crippen LogP contribution in [0, 0.1) is 0 Å². The Labute approximate surface area is 122 Å². The number of aliphatic hydroxyl groups excluding tert-OH is 2. The average Bonchev–Trinajstić information content (AvgIpc) is 2.14. The molecule has 0 fully saturated rings. The van der Waals surface area contributed by atoms with Crippen LogP contribution in [0.5, 0.6) is 0 Å². The molecule has 0 saturated carbocycles. The highest BCUT2D eigenvalue weighted by Gasteiger charge is 2.15. The summed E-state index contributed by atoms with van der Waals surface area (Å²) in [5, 5.41) is 18.9. The van der Waals surface area contributed by atoms with Crippen molar-refractivity contribution in [3.63, 3.8) is 0 Å². The molecule has 88 valence electrons. The monoisotopic (exact) mass is 470 g/mol. The molecule has 2 unspecified atom stereocenters. The van der Waals surface area contributed by atoms with E-state index < -0.39 is 0 Å². The molecule has 0 aromatic carbocycles. The van der Waals surface area contributed by atoms with Crippen LogP contribution in [0.25, 0.3) is 0 Å². The van der Waals surface area contributed by atoms with E-state index in [1.54, 1.807) is 13.8 Å². The van der Waals surface area contributed by atoms with Gasteiger partial charge in [0.05, 0.1) is 18.6 Å². The van der Waals surface area contributed by atoms with E-state index in [0.29, 0.717) is 8.96 Å². The molecule has 7 heteroatoms. The molecule has 0 aliphatic heterocycles. The lowest BCUT2D eigenvalue weighted by molar-refractivity contribution is 0.0654. The molecule has 0 radical (unpaired) electrons. The minimum atomic E-state index is -0.387. The molecule has 0 amide bonds. The number of rotatable bonds is 4. The van der Waals surface area contributed by atoms with Gasteiger partial charge in [-0.1, -0.05) is 31.9 Å². The maximum absolute atomic E-state index is 9.44. The van der Waals surface area contributed by atoms with Crippen molar-refractivity contribution in [3.05, 3.63) is 20.9 Å². The molecule has 3 nitrogen and oxygen atoms in total. The zero-order valence-corrected chi connectivity index (χ0v) is 14.3. The van der Waals surface area contributed by atoms with Crippen LogP contribution in [0.2, 0.25) is 0 Å². The second-order valence-corrected chi connectivity index (χ2v) is 7.10. The highest BCUT2D eigenvalue weighted by molar-refractivity contribution is 9.14. The van der Waals surface area contributed by atoms with Crippen LogP contribution in [0.15, 0.2) is 20.9 Å². The standard InChI is InChI=1S/C8H10Br4O3/c1-3(9)5(11)7(13)15-8(14)6(12)4(2)10/h3-4,13-14H,1-2H3.